The van der Waals surface area contributed by atoms with Crippen molar-refractivity contribution < 1.29 is 22.7 Å². The highest BCUT2D eigenvalue weighted by molar-refractivity contribution is 5.85. The van der Waals surface area contributed by atoms with Gasteiger partial charge in [-0.1, -0.05) is 6.07 Å². The second-order valence-electron chi connectivity index (χ2n) is 10.8. The average Bonchev–Trinajstić information content (AvgIpc) is 3.30. The Hall–Kier alpha value is -2.38. The third kappa shape index (κ3) is 5.05. The van der Waals surface area contributed by atoms with Crippen LogP contribution in [0.4, 0.5) is 18.9 Å². The first kappa shape index (κ1) is 25.3. The Morgan fingerprint density at radius 3 is 2.17 bits per heavy atom. The molecule has 3 aliphatic heterocycles. The normalized spacial score (nSPS) is 30.0. The van der Waals surface area contributed by atoms with Crippen molar-refractivity contribution in [2.24, 2.45) is 11.8 Å². The predicted molar refractivity (Wildman–Crippen MR) is 134 cm³/mol. The van der Waals surface area contributed by atoms with Crippen LogP contribution in [0, 0.1) is 29.3 Å². The van der Waals surface area contributed by atoms with Gasteiger partial charge < -0.3 is 9.64 Å². The zero-order valence-corrected chi connectivity index (χ0v) is 21.0. The fourth-order valence-electron chi connectivity index (χ4n) is 6.83. The molecule has 0 radical (unpaired) electrons. The number of nitrogens with zero attached hydrogens (tertiary/aromatic N) is 2. The lowest BCUT2D eigenvalue weighted by Crippen LogP contribution is -2.49. The molecule has 3 saturated heterocycles. The molecule has 5 rings (SSSR count). The topological polar surface area (TPSA) is 32.8 Å². The molecule has 2 aromatic carbocycles. The number of Topliss-reactive ketones (excluding diaryl/α,β-unsaturated/α-hetero) is 1. The van der Waals surface area contributed by atoms with Crippen LogP contribution in [-0.4, -0.2) is 55.1 Å². The van der Waals surface area contributed by atoms with Crippen molar-refractivity contribution in [3.05, 3.63) is 65.5 Å². The first-order valence-corrected chi connectivity index (χ1v) is 13.2. The Morgan fingerprint density at radius 2 is 1.53 bits per heavy atom. The summed E-state index contributed by atoms with van der Waals surface area (Å²) in [4.78, 5) is 18.7. The van der Waals surface area contributed by atoms with Gasteiger partial charge in [0.15, 0.2) is 0 Å². The molecule has 0 spiro atoms. The molecule has 194 valence electrons. The highest BCUT2D eigenvalue weighted by atomic mass is 19.1. The van der Waals surface area contributed by atoms with Crippen LogP contribution in [0.1, 0.15) is 51.0 Å². The number of hydrogen-bond acceptors (Lipinski definition) is 4. The Bertz CT molecular complexity index is 1060. The van der Waals surface area contributed by atoms with E-state index in [0.29, 0.717) is 50.8 Å². The zero-order valence-electron chi connectivity index (χ0n) is 21.0. The van der Waals surface area contributed by atoms with Gasteiger partial charge in [-0.05, 0) is 75.4 Å². The number of carbonyl (C=O) groups is 1. The van der Waals surface area contributed by atoms with E-state index in [1.54, 1.807) is 12.1 Å². The van der Waals surface area contributed by atoms with Crippen molar-refractivity contribution in [3.63, 3.8) is 0 Å². The molecule has 0 amide bonds. The number of anilines is 1. The lowest BCUT2D eigenvalue weighted by molar-refractivity contribution is -0.128. The molecular formula is C29H35F3N2O2. The summed E-state index contributed by atoms with van der Waals surface area (Å²) in [5.74, 6) is -1.99. The van der Waals surface area contributed by atoms with Crippen LogP contribution in [0.25, 0.3) is 0 Å². The standard InChI is InChI=1S/C29H35F3N2O2/c1-18-13-20(14-19(2)34(18)24-6-3-21(30)4-7-24)29(35)27-17-33(23-9-11-36-12-10-23)16-26(27)25-8-5-22(31)15-28(25)32/h3-8,15,18-20,23,26-27H,9-14,16-17H2,1-2H3/t18-,19+,20?,26-,27+/m0/s1. The van der Waals surface area contributed by atoms with Crippen LogP contribution in [0.3, 0.4) is 0 Å². The maximum absolute atomic E-state index is 14.9. The van der Waals surface area contributed by atoms with E-state index in [-0.39, 0.29) is 41.4 Å². The maximum atomic E-state index is 14.9. The van der Waals surface area contributed by atoms with Crippen molar-refractivity contribution in [1.82, 2.24) is 4.90 Å². The first-order valence-electron chi connectivity index (χ1n) is 13.2. The van der Waals surface area contributed by atoms with Crippen LogP contribution in [-0.2, 0) is 9.53 Å². The summed E-state index contributed by atoms with van der Waals surface area (Å²) in [6.45, 7) is 6.83. The summed E-state index contributed by atoms with van der Waals surface area (Å²) in [6.07, 6.45) is 3.22. The minimum absolute atomic E-state index is 0.113. The minimum Gasteiger partial charge on any atom is -0.381 e. The van der Waals surface area contributed by atoms with E-state index >= 15 is 0 Å². The summed E-state index contributed by atoms with van der Waals surface area (Å²) in [5, 5.41) is 0. The van der Waals surface area contributed by atoms with Crippen LogP contribution >= 0.6 is 0 Å². The molecule has 1 unspecified atom stereocenters. The van der Waals surface area contributed by atoms with Gasteiger partial charge in [-0.25, -0.2) is 13.2 Å². The average molecular weight is 501 g/mol. The number of ether oxygens (including phenoxy) is 1. The van der Waals surface area contributed by atoms with Gasteiger partial charge in [-0.3, -0.25) is 9.69 Å². The molecule has 0 N–H and O–H groups in total. The van der Waals surface area contributed by atoms with E-state index in [2.05, 4.69) is 23.6 Å². The summed E-state index contributed by atoms with van der Waals surface area (Å²) < 4.78 is 47.6. The first-order chi connectivity index (χ1) is 17.3. The molecular weight excluding hydrogens is 465 g/mol. The van der Waals surface area contributed by atoms with Gasteiger partial charge in [0, 0.05) is 73.9 Å². The van der Waals surface area contributed by atoms with Crippen molar-refractivity contribution in [2.45, 2.75) is 63.6 Å². The smallest absolute Gasteiger partial charge is 0.141 e. The molecule has 3 heterocycles. The van der Waals surface area contributed by atoms with Crippen LogP contribution in [0.5, 0.6) is 0 Å². The van der Waals surface area contributed by atoms with Crippen molar-refractivity contribution in [1.29, 1.82) is 0 Å². The molecule has 36 heavy (non-hydrogen) atoms. The second-order valence-corrected chi connectivity index (χ2v) is 10.8. The number of hydrogen-bond donors (Lipinski definition) is 0. The van der Waals surface area contributed by atoms with E-state index in [1.807, 2.05) is 0 Å². The number of likely N-dealkylation sites (tertiary alicyclic amines) is 1. The molecule has 4 nitrogen and oxygen atoms in total. The van der Waals surface area contributed by atoms with Crippen molar-refractivity contribution in [2.75, 3.05) is 31.2 Å². The number of carbonyl (C=O) groups excluding carboxylic acids is 1. The lowest BCUT2D eigenvalue weighted by Gasteiger charge is -2.44. The maximum Gasteiger partial charge on any atom is 0.141 e. The molecule has 0 aliphatic carbocycles. The number of ketones is 1. The summed E-state index contributed by atoms with van der Waals surface area (Å²) in [7, 11) is 0. The predicted octanol–water partition coefficient (Wildman–Crippen LogP) is 5.56. The zero-order chi connectivity index (χ0) is 25.4. The number of halogens is 3. The molecule has 5 atom stereocenters. The van der Waals surface area contributed by atoms with Crippen molar-refractivity contribution in [3.8, 4) is 0 Å². The molecule has 7 heteroatoms. The third-order valence-corrected chi connectivity index (χ3v) is 8.51. The van der Waals surface area contributed by atoms with Gasteiger partial charge in [0.05, 0.1) is 0 Å². The Morgan fingerprint density at radius 1 is 0.889 bits per heavy atom. The van der Waals surface area contributed by atoms with E-state index in [9.17, 15) is 18.0 Å². The molecule has 2 aromatic rings. The van der Waals surface area contributed by atoms with Gasteiger partial charge in [-0.2, -0.15) is 0 Å². The van der Waals surface area contributed by atoms with Crippen LogP contribution < -0.4 is 4.90 Å². The van der Waals surface area contributed by atoms with Crippen LogP contribution in [0.15, 0.2) is 42.5 Å². The molecule has 0 bridgehead atoms. The Labute approximate surface area is 211 Å². The van der Waals surface area contributed by atoms with Crippen LogP contribution in [0.2, 0.25) is 0 Å². The summed E-state index contributed by atoms with van der Waals surface area (Å²) in [6, 6.07) is 10.8. The fraction of sp³-hybridized carbons (Fsp3) is 0.552. The number of piperidine rings is 1. The summed E-state index contributed by atoms with van der Waals surface area (Å²) >= 11 is 0. The number of rotatable bonds is 5. The van der Waals surface area contributed by atoms with Gasteiger partial charge in [0.25, 0.3) is 0 Å². The molecule has 3 fully saturated rings. The number of benzene rings is 2. The van der Waals surface area contributed by atoms with Gasteiger partial charge in [-0.15, -0.1) is 0 Å². The third-order valence-electron chi connectivity index (χ3n) is 8.51. The molecule has 0 aromatic heterocycles. The lowest BCUT2D eigenvalue weighted by atomic mass is 9.75. The van der Waals surface area contributed by atoms with E-state index in [4.69, 9.17) is 4.74 Å². The van der Waals surface area contributed by atoms with E-state index in [1.165, 1.54) is 24.3 Å². The van der Waals surface area contributed by atoms with Crippen molar-refractivity contribution >= 4 is 11.5 Å². The van der Waals surface area contributed by atoms with Gasteiger partial charge in [0.2, 0.25) is 0 Å². The minimum atomic E-state index is -0.603. The quantitative estimate of drug-likeness (QED) is 0.538. The Balaban J connectivity index is 1.37. The molecule has 0 saturated carbocycles. The highest BCUT2D eigenvalue weighted by Crippen LogP contribution is 2.41. The monoisotopic (exact) mass is 500 g/mol. The largest absolute Gasteiger partial charge is 0.381 e. The van der Waals surface area contributed by atoms with Gasteiger partial charge in [0.1, 0.15) is 23.2 Å². The van der Waals surface area contributed by atoms with Gasteiger partial charge >= 0.3 is 0 Å². The summed E-state index contributed by atoms with van der Waals surface area (Å²) in [5.41, 5.74) is 1.40. The Kier molecular flexibility index (Phi) is 7.40. The molecule has 3 aliphatic rings. The SMILES string of the molecule is C[C@@H]1CC(C(=O)[C@@H]2CN(C3CCOCC3)C[C@H]2c2ccc(F)cc2F)C[C@H](C)N1c1ccc(F)cc1. The van der Waals surface area contributed by atoms with E-state index in [0.717, 1.165) is 24.6 Å². The van der Waals surface area contributed by atoms with E-state index < -0.39 is 11.6 Å². The highest BCUT2D eigenvalue weighted by Gasteiger charge is 2.45. The second kappa shape index (κ2) is 10.5. The fourth-order valence-corrected chi connectivity index (χ4v) is 6.83.